The first kappa shape index (κ1) is 24.4. The zero-order chi connectivity index (χ0) is 22.9. The lowest BCUT2D eigenvalue weighted by Gasteiger charge is -2.32. The quantitative estimate of drug-likeness (QED) is 0.551. The first-order valence-electron chi connectivity index (χ1n) is 12.0. The van der Waals surface area contributed by atoms with E-state index in [2.05, 4.69) is 10.1 Å². The number of hydrogen-bond donors (Lipinski definition) is 1. The number of aromatic amines is 1. The lowest BCUT2D eigenvalue weighted by atomic mass is 9.91. The zero-order valence-corrected chi connectivity index (χ0v) is 19.4. The van der Waals surface area contributed by atoms with E-state index in [0.717, 1.165) is 73.8 Å². The van der Waals surface area contributed by atoms with Gasteiger partial charge < -0.3 is 19.4 Å². The van der Waals surface area contributed by atoms with E-state index in [0.29, 0.717) is 30.1 Å². The van der Waals surface area contributed by atoms with E-state index < -0.39 is 0 Å². The number of methoxy groups -OCH3 is 1. The van der Waals surface area contributed by atoms with E-state index in [1.807, 2.05) is 28.6 Å². The number of nitrogens with one attached hydrogen (secondary N) is 1. The van der Waals surface area contributed by atoms with Crippen molar-refractivity contribution in [3.63, 3.8) is 0 Å². The van der Waals surface area contributed by atoms with Gasteiger partial charge in [-0.05, 0) is 62.6 Å². The third kappa shape index (κ3) is 4.49. The number of piperidine rings is 1. The minimum atomic E-state index is -0.156. The summed E-state index contributed by atoms with van der Waals surface area (Å²) in [6.07, 6.45) is 6.80. The van der Waals surface area contributed by atoms with E-state index in [4.69, 9.17) is 9.47 Å². The molecular weight excluding hydrogens is 432 g/mol. The van der Waals surface area contributed by atoms with Crippen LogP contribution in [0.1, 0.15) is 61.5 Å². The van der Waals surface area contributed by atoms with Crippen molar-refractivity contribution in [3.8, 4) is 0 Å². The number of hydrogen-bond acceptors (Lipinski definition) is 5. The monoisotopic (exact) mass is 468 g/mol. The number of aromatic nitrogens is 3. The number of pyridine rings is 1. The number of nitrogens with zero attached hydrogens (tertiary/aromatic N) is 3. The minimum absolute atomic E-state index is 0. The normalized spacial score (nSPS) is 19.1. The van der Waals surface area contributed by atoms with Crippen molar-refractivity contribution in [3.05, 3.63) is 39.8 Å². The van der Waals surface area contributed by atoms with Gasteiger partial charge in [-0.3, -0.25) is 14.3 Å². The van der Waals surface area contributed by atoms with E-state index in [-0.39, 0.29) is 24.9 Å². The van der Waals surface area contributed by atoms with Crippen LogP contribution in [0.2, 0.25) is 0 Å². The van der Waals surface area contributed by atoms with Crippen LogP contribution in [0.25, 0.3) is 21.8 Å². The van der Waals surface area contributed by atoms with Crippen molar-refractivity contribution in [2.75, 3.05) is 40.0 Å². The fraction of sp³-hybridized carbons (Fsp3) is 0.577. The molecule has 1 atom stereocenters. The van der Waals surface area contributed by atoms with Crippen LogP contribution in [0.15, 0.2) is 23.1 Å². The van der Waals surface area contributed by atoms with Crippen molar-refractivity contribution in [1.82, 2.24) is 19.7 Å². The third-order valence-electron chi connectivity index (χ3n) is 7.25. The third-order valence-corrected chi connectivity index (χ3v) is 7.25. The number of likely N-dealkylation sites (tertiary alicyclic amines) is 1. The molecule has 2 saturated heterocycles. The largest absolute Gasteiger partial charge is 0.385 e. The highest BCUT2D eigenvalue weighted by Crippen LogP contribution is 2.30. The number of carbonyl (C=O) groups excluding carboxylic acids is 1. The summed E-state index contributed by atoms with van der Waals surface area (Å²) in [4.78, 5) is 31.2. The van der Waals surface area contributed by atoms with Gasteiger partial charge in [0, 0.05) is 44.4 Å². The molecule has 2 aliphatic heterocycles. The Kier molecular flexibility index (Phi) is 7.38. The summed E-state index contributed by atoms with van der Waals surface area (Å²) in [6.45, 7) is 5.59. The van der Waals surface area contributed by atoms with Gasteiger partial charge in [0.25, 0.3) is 11.5 Å². The molecular formula is C26H36N4O4. The van der Waals surface area contributed by atoms with Crippen molar-refractivity contribution in [2.45, 2.75) is 52.5 Å². The standard InChI is InChI=1S/C25H32N4O4.CH4/c1-16-12-22-20(23-21(24(30)27-22)14-26-29(23)18-7-11-33-15-18)13-19(16)25(31)28-8-5-17(6-9-28)4-3-10-32-2;/h12-14,17-18H,3-11,15H2,1-2H3,(H,27,30);1H4/t18-;/m0./s1. The van der Waals surface area contributed by atoms with Crippen LogP contribution in [0.3, 0.4) is 0 Å². The highest BCUT2D eigenvalue weighted by Gasteiger charge is 2.26. The first-order chi connectivity index (χ1) is 16.1. The van der Waals surface area contributed by atoms with Gasteiger partial charge in [-0.25, -0.2) is 0 Å². The minimum Gasteiger partial charge on any atom is -0.385 e. The summed E-state index contributed by atoms with van der Waals surface area (Å²) < 4.78 is 12.6. The maximum atomic E-state index is 13.5. The van der Waals surface area contributed by atoms with Crippen molar-refractivity contribution in [2.24, 2.45) is 5.92 Å². The molecule has 2 fully saturated rings. The van der Waals surface area contributed by atoms with Crippen LogP contribution in [0.4, 0.5) is 0 Å². The van der Waals surface area contributed by atoms with E-state index in [1.54, 1.807) is 13.3 Å². The molecule has 2 aliphatic rings. The van der Waals surface area contributed by atoms with Crippen molar-refractivity contribution < 1.29 is 14.3 Å². The molecule has 0 radical (unpaired) electrons. The Morgan fingerprint density at radius 1 is 1.24 bits per heavy atom. The van der Waals surface area contributed by atoms with Gasteiger partial charge >= 0.3 is 0 Å². The molecule has 8 nitrogen and oxygen atoms in total. The van der Waals surface area contributed by atoms with Crippen LogP contribution in [-0.2, 0) is 9.47 Å². The summed E-state index contributed by atoms with van der Waals surface area (Å²) >= 11 is 0. The molecule has 0 saturated carbocycles. The van der Waals surface area contributed by atoms with Gasteiger partial charge in [0.2, 0.25) is 0 Å². The molecule has 8 heteroatoms. The molecule has 184 valence electrons. The molecule has 1 N–H and O–H groups in total. The molecule has 2 aromatic heterocycles. The van der Waals surface area contributed by atoms with Crippen LogP contribution >= 0.6 is 0 Å². The fourth-order valence-corrected chi connectivity index (χ4v) is 5.33. The Hall–Kier alpha value is -2.71. The Labute approximate surface area is 200 Å². The predicted octanol–water partition coefficient (Wildman–Crippen LogP) is 4.06. The summed E-state index contributed by atoms with van der Waals surface area (Å²) in [7, 11) is 1.74. The Morgan fingerprint density at radius 2 is 2.03 bits per heavy atom. The number of amides is 1. The second kappa shape index (κ2) is 10.3. The van der Waals surface area contributed by atoms with Gasteiger partial charge in [-0.15, -0.1) is 0 Å². The van der Waals surface area contributed by atoms with Gasteiger partial charge in [0.15, 0.2) is 0 Å². The summed E-state index contributed by atoms with van der Waals surface area (Å²) in [6, 6.07) is 3.97. The van der Waals surface area contributed by atoms with Crippen LogP contribution in [0, 0.1) is 12.8 Å². The number of rotatable bonds is 6. The molecule has 3 aromatic rings. The molecule has 34 heavy (non-hydrogen) atoms. The Morgan fingerprint density at radius 3 is 2.74 bits per heavy atom. The van der Waals surface area contributed by atoms with Gasteiger partial charge in [-0.1, -0.05) is 7.43 Å². The zero-order valence-electron chi connectivity index (χ0n) is 19.4. The highest BCUT2D eigenvalue weighted by atomic mass is 16.5. The number of benzene rings is 1. The number of carbonyl (C=O) groups is 1. The van der Waals surface area contributed by atoms with E-state index in [9.17, 15) is 9.59 Å². The molecule has 4 heterocycles. The maximum Gasteiger partial charge on any atom is 0.259 e. The molecule has 1 aromatic carbocycles. The number of H-pyrrole nitrogens is 1. The van der Waals surface area contributed by atoms with Gasteiger partial charge in [0.1, 0.15) is 0 Å². The Balaban J connectivity index is 0.00000274. The summed E-state index contributed by atoms with van der Waals surface area (Å²) in [5.74, 6) is 0.730. The molecule has 0 bridgehead atoms. The summed E-state index contributed by atoms with van der Waals surface area (Å²) in [5, 5.41) is 5.93. The predicted molar refractivity (Wildman–Crippen MR) is 134 cm³/mol. The SMILES string of the molecule is C.COCCCC1CCN(C(=O)c2cc3c(cc2C)[nH]c(=O)c2cnn([C@H]4CCOC4)c23)CC1. The van der Waals surface area contributed by atoms with Crippen LogP contribution in [0.5, 0.6) is 0 Å². The molecule has 0 aliphatic carbocycles. The lowest BCUT2D eigenvalue weighted by molar-refractivity contribution is 0.0680. The van der Waals surface area contributed by atoms with E-state index in [1.165, 1.54) is 0 Å². The second-order valence-corrected chi connectivity index (χ2v) is 9.41. The topological polar surface area (TPSA) is 89.5 Å². The Bertz CT molecular complexity index is 1220. The number of aryl methyl sites for hydroxylation is 1. The van der Waals surface area contributed by atoms with Gasteiger partial charge in [0.05, 0.1) is 35.3 Å². The number of fused-ring (bicyclic) bond motifs is 3. The fourth-order valence-electron chi connectivity index (χ4n) is 5.33. The van der Waals surface area contributed by atoms with Crippen molar-refractivity contribution in [1.29, 1.82) is 0 Å². The van der Waals surface area contributed by atoms with Crippen LogP contribution < -0.4 is 5.56 Å². The highest BCUT2D eigenvalue weighted by molar-refractivity contribution is 6.07. The average molecular weight is 469 g/mol. The first-order valence-corrected chi connectivity index (χ1v) is 12.0. The average Bonchev–Trinajstić information content (AvgIpc) is 3.49. The molecule has 0 unspecified atom stereocenters. The molecule has 1 amide bonds. The second-order valence-electron chi connectivity index (χ2n) is 9.41. The molecule has 5 rings (SSSR count). The summed E-state index contributed by atoms with van der Waals surface area (Å²) in [5.41, 5.74) is 2.94. The smallest absolute Gasteiger partial charge is 0.259 e. The van der Waals surface area contributed by atoms with Gasteiger partial charge in [-0.2, -0.15) is 5.10 Å². The number of ether oxygens (including phenoxy) is 2. The van der Waals surface area contributed by atoms with E-state index >= 15 is 0 Å². The van der Waals surface area contributed by atoms with Crippen LogP contribution in [-0.4, -0.2) is 65.6 Å². The van der Waals surface area contributed by atoms with Crippen molar-refractivity contribution >= 4 is 27.7 Å². The maximum absolute atomic E-state index is 13.5. The molecule has 0 spiro atoms. The lowest BCUT2D eigenvalue weighted by Crippen LogP contribution is -2.38.